The predicted molar refractivity (Wildman–Crippen MR) is 85.7 cm³/mol. The van der Waals surface area contributed by atoms with Crippen molar-refractivity contribution in [3.05, 3.63) is 53.1 Å². The second-order valence-electron chi connectivity index (χ2n) is 4.96. The quantitative estimate of drug-likeness (QED) is 0.599. The zero-order chi connectivity index (χ0) is 15.6. The molecule has 21 heavy (non-hydrogen) atoms. The molecule has 2 aromatic rings. The van der Waals surface area contributed by atoms with Crippen LogP contribution in [-0.4, -0.2) is 8.42 Å². The molecule has 0 fully saturated rings. The van der Waals surface area contributed by atoms with Gasteiger partial charge in [0.25, 0.3) is 10.0 Å². The maximum absolute atomic E-state index is 12.5. The molecule has 6 heteroatoms. The van der Waals surface area contributed by atoms with Crippen LogP contribution in [-0.2, 0) is 10.0 Å². The number of nitrogens with one attached hydrogen (secondary N) is 2. The van der Waals surface area contributed by atoms with Crippen molar-refractivity contribution in [1.82, 2.24) is 0 Å². The molecule has 0 aliphatic carbocycles. The minimum Gasteiger partial charge on any atom is -0.324 e. The minimum absolute atomic E-state index is 0.298. The van der Waals surface area contributed by atoms with E-state index in [4.69, 9.17) is 5.84 Å². The summed E-state index contributed by atoms with van der Waals surface area (Å²) in [6, 6.07) is 10.2. The molecule has 0 saturated carbocycles. The van der Waals surface area contributed by atoms with Crippen molar-refractivity contribution in [3.8, 4) is 0 Å². The van der Waals surface area contributed by atoms with E-state index in [1.165, 1.54) is 0 Å². The Kier molecular flexibility index (Phi) is 4.20. The average molecular weight is 305 g/mol. The number of hydrogen-bond acceptors (Lipinski definition) is 4. The van der Waals surface area contributed by atoms with Gasteiger partial charge in [-0.15, -0.1) is 0 Å². The fourth-order valence-corrected chi connectivity index (χ4v) is 3.43. The van der Waals surface area contributed by atoms with E-state index >= 15 is 0 Å². The standard InChI is InChI=1S/C15H19N3O2S/c1-10-4-9-15(12(3)11(10)2)21(19,20)18-14-7-5-13(17-16)6-8-14/h4-9,17-18H,16H2,1-3H3. The van der Waals surface area contributed by atoms with Crippen molar-refractivity contribution < 1.29 is 8.42 Å². The molecular formula is C15H19N3O2S. The monoisotopic (exact) mass is 305 g/mol. The van der Waals surface area contributed by atoms with Gasteiger partial charge in [-0.25, -0.2) is 8.42 Å². The SMILES string of the molecule is Cc1ccc(S(=O)(=O)Nc2ccc(NN)cc2)c(C)c1C. The Bertz CT molecular complexity index is 753. The van der Waals surface area contributed by atoms with E-state index in [-0.39, 0.29) is 0 Å². The number of aryl methyl sites for hydroxylation is 1. The minimum atomic E-state index is -3.60. The second-order valence-corrected chi connectivity index (χ2v) is 6.61. The lowest BCUT2D eigenvalue weighted by Crippen LogP contribution is -2.15. The summed E-state index contributed by atoms with van der Waals surface area (Å²) in [5, 5.41) is 0. The van der Waals surface area contributed by atoms with Crippen molar-refractivity contribution in [2.24, 2.45) is 5.84 Å². The Morgan fingerprint density at radius 1 is 0.857 bits per heavy atom. The van der Waals surface area contributed by atoms with Crippen molar-refractivity contribution in [1.29, 1.82) is 0 Å². The molecule has 0 aliphatic heterocycles. The average Bonchev–Trinajstić information content (AvgIpc) is 2.45. The number of anilines is 2. The number of hydrogen-bond donors (Lipinski definition) is 3. The Morgan fingerprint density at radius 3 is 2.00 bits per heavy atom. The second kappa shape index (κ2) is 5.75. The highest BCUT2D eigenvalue weighted by molar-refractivity contribution is 7.92. The zero-order valence-electron chi connectivity index (χ0n) is 12.3. The zero-order valence-corrected chi connectivity index (χ0v) is 13.1. The molecule has 0 bridgehead atoms. The van der Waals surface area contributed by atoms with Gasteiger partial charge in [-0.2, -0.15) is 0 Å². The van der Waals surface area contributed by atoms with Crippen LogP contribution in [0, 0.1) is 20.8 Å². The number of sulfonamides is 1. The first-order valence-electron chi connectivity index (χ1n) is 6.51. The van der Waals surface area contributed by atoms with Gasteiger partial charge >= 0.3 is 0 Å². The van der Waals surface area contributed by atoms with Crippen LogP contribution in [0.5, 0.6) is 0 Å². The number of rotatable bonds is 4. The molecule has 0 unspecified atom stereocenters. The van der Waals surface area contributed by atoms with Crippen LogP contribution in [0.25, 0.3) is 0 Å². The van der Waals surface area contributed by atoms with Crippen LogP contribution in [0.2, 0.25) is 0 Å². The normalized spacial score (nSPS) is 11.2. The van der Waals surface area contributed by atoms with Gasteiger partial charge in [-0.1, -0.05) is 6.07 Å². The van der Waals surface area contributed by atoms with Gasteiger partial charge in [0.15, 0.2) is 0 Å². The highest BCUT2D eigenvalue weighted by Crippen LogP contribution is 2.24. The van der Waals surface area contributed by atoms with Crippen molar-refractivity contribution in [3.63, 3.8) is 0 Å². The highest BCUT2D eigenvalue weighted by atomic mass is 32.2. The van der Waals surface area contributed by atoms with E-state index in [9.17, 15) is 8.42 Å². The van der Waals surface area contributed by atoms with E-state index in [0.29, 0.717) is 16.3 Å². The summed E-state index contributed by atoms with van der Waals surface area (Å²) in [5.41, 5.74) is 6.52. The molecule has 5 nitrogen and oxygen atoms in total. The number of nitrogens with two attached hydrogens (primary N) is 1. The smallest absolute Gasteiger partial charge is 0.262 e. The summed E-state index contributed by atoms with van der Waals surface area (Å²) < 4.78 is 27.6. The molecule has 0 aromatic heterocycles. The predicted octanol–water partition coefficient (Wildman–Crippen LogP) is 2.70. The molecule has 0 amide bonds. The Balaban J connectivity index is 2.36. The fraction of sp³-hybridized carbons (Fsp3) is 0.200. The summed E-state index contributed by atoms with van der Waals surface area (Å²) in [5.74, 6) is 5.28. The largest absolute Gasteiger partial charge is 0.324 e. The first-order chi connectivity index (χ1) is 9.85. The topological polar surface area (TPSA) is 84.2 Å². The molecule has 4 N–H and O–H groups in total. The lowest BCUT2D eigenvalue weighted by Gasteiger charge is -2.13. The maximum Gasteiger partial charge on any atom is 0.262 e. The van der Waals surface area contributed by atoms with E-state index in [1.54, 1.807) is 30.3 Å². The fourth-order valence-electron chi connectivity index (χ4n) is 2.07. The van der Waals surface area contributed by atoms with E-state index in [1.807, 2.05) is 26.8 Å². The molecule has 0 spiro atoms. The number of hydrazine groups is 1. The Hall–Kier alpha value is -2.05. The van der Waals surface area contributed by atoms with Gasteiger partial charge in [-0.3, -0.25) is 10.6 Å². The van der Waals surface area contributed by atoms with Gasteiger partial charge in [0.1, 0.15) is 0 Å². The third kappa shape index (κ3) is 3.17. The van der Waals surface area contributed by atoms with Gasteiger partial charge in [-0.05, 0) is 67.8 Å². The molecule has 0 heterocycles. The summed E-state index contributed by atoms with van der Waals surface area (Å²) in [4.78, 5) is 0.298. The first-order valence-corrected chi connectivity index (χ1v) is 8.00. The van der Waals surface area contributed by atoms with Crippen LogP contribution >= 0.6 is 0 Å². The third-order valence-corrected chi connectivity index (χ3v) is 5.13. The Morgan fingerprint density at radius 2 is 1.43 bits per heavy atom. The molecule has 2 aromatic carbocycles. The van der Waals surface area contributed by atoms with Gasteiger partial charge in [0, 0.05) is 11.4 Å². The molecule has 2 rings (SSSR count). The summed E-state index contributed by atoms with van der Waals surface area (Å²) >= 11 is 0. The van der Waals surface area contributed by atoms with E-state index in [0.717, 1.165) is 16.7 Å². The van der Waals surface area contributed by atoms with Crippen molar-refractivity contribution in [2.75, 3.05) is 10.1 Å². The molecule has 112 valence electrons. The lowest BCUT2D eigenvalue weighted by atomic mass is 10.1. The molecule has 0 atom stereocenters. The van der Waals surface area contributed by atoms with Gasteiger partial charge in [0.2, 0.25) is 0 Å². The van der Waals surface area contributed by atoms with Crippen LogP contribution in [0.4, 0.5) is 11.4 Å². The molecule has 0 saturated heterocycles. The molecule has 0 aliphatic rings. The van der Waals surface area contributed by atoms with E-state index in [2.05, 4.69) is 10.1 Å². The maximum atomic E-state index is 12.5. The lowest BCUT2D eigenvalue weighted by molar-refractivity contribution is 0.600. The van der Waals surface area contributed by atoms with Gasteiger partial charge in [0.05, 0.1) is 4.90 Å². The summed E-state index contributed by atoms with van der Waals surface area (Å²) in [7, 11) is -3.60. The van der Waals surface area contributed by atoms with Crippen LogP contribution in [0.15, 0.2) is 41.3 Å². The van der Waals surface area contributed by atoms with E-state index < -0.39 is 10.0 Å². The first kappa shape index (κ1) is 15.3. The summed E-state index contributed by atoms with van der Waals surface area (Å²) in [6.07, 6.45) is 0. The molecular weight excluding hydrogens is 286 g/mol. The highest BCUT2D eigenvalue weighted by Gasteiger charge is 2.18. The molecule has 0 radical (unpaired) electrons. The van der Waals surface area contributed by atoms with Gasteiger partial charge < -0.3 is 5.43 Å². The number of benzene rings is 2. The Labute approximate surface area is 125 Å². The van der Waals surface area contributed by atoms with Crippen LogP contribution < -0.4 is 16.0 Å². The number of nitrogen functional groups attached to an aromatic ring is 1. The van der Waals surface area contributed by atoms with Crippen molar-refractivity contribution >= 4 is 21.4 Å². The van der Waals surface area contributed by atoms with Crippen LogP contribution in [0.1, 0.15) is 16.7 Å². The summed E-state index contributed by atoms with van der Waals surface area (Å²) in [6.45, 7) is 5.70. The van der Waals surface area contributed by atoms with Crippen LogP contribution in [0.3, 0.4) is 0 Å². The van der Waals surface area contributed by atoms with Crippen molar-refractivity contribution in [2.45, 2.75) is 25.7 Å². The third-order valence-electron chi connectivity index (χ3n) is 3.60.